The number of carbonyl (C=O) groups excluding carboxylic acids is 1. The van der Waals surface area contributed by atoms with Crippen molar-refractivity contribution in [3.05, 3.63) is 58.6 Å². The van der Waals surface area contributed by atoms with Crippen LogP contribution in [0.15, 0.2) is 36.4 Å². The molecule has 2 amide bonds. The second-order valence-corrected chi connectivity index (χ2v) is 5.17. The molecule has 0 fully saturated rings. The summed E-state index contributed by atoms with van der Waals surface area (Å²) in [5.41, 5.74) is 0.791. The van der Waals surface area contributed by atoms with E-state index in [2.05, 4.69) is 10.6 Å². The van der Waals surface area contributed by atoms with Crippen molar-refractivity contribution in [1.29, 1.82) is 0 Å². The maximum absolute atomic E-state index is 13.4. The topological polar surface area (TPSA) is 50.4 Å². The van der Waals surface area contributed by atoms with Crippen molar-refractivity contribution in [1.82, 2.24) is 5.32 Å². The van der Waals surface area contributed by atoms with Crippen LogP contribution in [0.4, 0.5) is 19.3 Å². The molecule has 0 aromatic heterocycles. The number of urea groups is 1. The summed E-state index contributed by atoms with van der Waals surface area (Å²) in [6.07, 6.45) is 0. The molecular formula is C16H15ClF2N2O2. The Kier molecular flexibility index (Phi) is 5.76. The fraction of sp³-hybridized carbons (Fsp3) is 0.188. The lowest BCUT2D eigenvalue weighted by Gasteiger charge is -2.10. The molecular weight excluding hydrogens is 326 g/mol. The molecule has 0 bridgehead atoms. The van der Waals surface area contributed by atoms with Crippen molar-refractivity contribution < 1.29 is 18.3 Å². The number of ether oxygens (including phenoxy) is 1. The van der Waals surface area contributed by atoms with Gasteiger partial charge in [0.1, 0.15) is 24.0 Å². The monoisotopic (exact) mass is 340 g/mol. The van der Waals surface area contributed by atoms with E-state index in [1.165, 1.54) is 0 Å². The lowest BCUT2D eigenvalue weighted by atomic mass is 10.2. The average molecular weight is 341 g/mol. The van der Waals surface area contributed by atoms with Gasteiger partial charge >= 0.3 is 6.03 Å². The number of nitrogens with one attached hydrogen (secondary N) is 2. The summed E-state index contributed by atoms with van der Waals surface area (Å²) in [4.78, 5) is 11.6. The van der Waals surface area contributed by atoms with Crippen LogP contribution in [0, 0.1) is 18.6 Å². The first-order valence-electron chi connectivity index (χ1n) is 6.84. The maximum Gasteiger partial charge on any atom is 0.319 e. The third kappa shape index (κ3) is 5.10. The fourth-order valence-electron chi connectivity index (χ4n) is 1.80. The second-order valence-electron chi connectivity index (χ2n) is 4.76. The van der Waals surface area contributed by atoms with Gasteiger partial charge in [-0.3, -0.25) is 0 Å². The van der Waals surface area contributed by atoms with Gasteiger partial charge in [-0.2, -0.15) is 0 Å². The van der Waals surface area contributed by atoms with Crippen LogP contribution in [0.25, 0.3) is 0 Å². The largest absolute Gasteiger partial charge is 0.492 e. The van der Waals surface area contributed by atoms with E-state index in [-0.39, 0.29) is 18.8 Å². The van der Waals surface area contributed by atoms with Crippen molar-refractivity contribution >= 4 is 23.3 Å². The lowest BCUT2D eigenvalue weighted by molar-refractivity contribution is 0.247. The summed E-state index contributed by atoms with van der Waals surface area (Å²) in [7, 11) is 0. The number of halogens is 3. The summed E-state index contributed by atoms with van der Waals surface area (Å²) in [5.74, 6) is -0.910. The first-order valence-corrected chi connectivity index (χ1v) is 7.22. The van der Waals surface area contributed by atoms with Gasteiger partial charge in [0, 0.05) is 11.1 Å². The molecule has 2 aromatic rings. The summed E-state index contributed by atoms with van der Waals surface area (Å²) >= 11 is 5.91. The molecule has 122 valence electrons. The van der Waals surface area contributed by atoms with Gasteiger partial charge in [0.05, 0.1) is 12.2 Å². The molecule has 0 spiro atoms. The molecule has 2 rings (SSSR count). The average Bonchev–Trinajstić information content (AvgIpc) is 2.50. The number of amides is 2. The Labute approximate surface area is 137 Å². The van der Waals surface area contributed by atoms with Crippen LogP contribution < -0.4 is 15.4 Å². The standard InChI is InChI=1S/C16H15ClF2N2O2/c1-10-8-12(3-4-13(10)17)23-7-6-20-16(22)21-15-5-2-11(18)9-14(15)19/h2-5,8-9H,6-7H2,1H3,(H2,20,21,22). The number of hydrogen-bond donors (Lipinski definition) is 2. The predicted octanol–water partition coefficient (Wildman–Crippen LogP) is 4.13. The second kappa shape index (κ2) is 7.78. The number of hydrogen-bond acceptors (Lipinski definition) is 2. The lowest BCUT2D eigenvalue weighted by Crippen LogP contribution is -2.32. The van der Waals surface area contributed by atoms with Gasteiger partial charge in [0.25, 0.3) is 0 Å². The molecule has 0 aliphatic carbocycles. The quantitative estimate of drug-likeness (QED) is 0.804. The highest BCUT2D eigenvalue weighted by Gasteiger charge is 2.07. The van der Waals surface area contributed by atoms with E-state index in [0.29, 0.717) is 16.8 Å². The minimum Gasteiger partial charge on any atom is -0.492 e. The minimum atomic E-state index is -0.840. The van der Waals surface area contributed by atoms with Gasteiger partial charge < -0.3 is 15.4 Å². The van der Waals surface area contributed by atoms with E-state index < -0.39 is 17.7 Å². The number of benzene rings is 2. The van der Waals surface area contributed by atoms with Gasteiger partial charge in [-0.25, -0.2) is 13.6 Å². The molecule has 0 unspecified atom stereocenters. The van der Waals surface area contributed by atoms with E-state index in [0.717, 1.165) is 17.7 Å². The molecule has 2 N–H and O–H groups in total. The highest BCUT2D eigenvalue weighted by Crippen LogP contribution is 2.20. The van der Waals surface area contributed by atoms with Crippen LogP contribution in [-0.2, 0) is 0 Å². The normalized spacial score (nSPS) is 10.3. The van der Waals surface area contributed by atoms with Crippen molar-refractivity contribution in [3.8, 4) is 5.75 Å². The van der Waals surface area contributed by atoms with E-state index in [9.17, 15) is 13.6 Å². The molecule has 23 heavy (non-hydrogen) atoms. The Morgan fingerprint density at radius 2 is 2.00 bits per heavy atom. The molecule has 7 heteroatoms. The van der Waals surface area contributed by atoms with Gasteiger partial charge in [0.2, 0.25) is 0 Å². The van der Waals surface area contributed by atoms with Crippen LogP contribution in [0.2, 0.25) is 5.02 Å². The summed E-state index contributed by atoms with van der Waals surface area (Å²) in [5, 5.41) is 5.44. The van der Waals surface area contributed by atoms with Gasteiger partial charge in [0.15, 0.2) is 0 Å². The first kappa shape index (κ1) is 17.0. The van der Waals surface area contributed by atoms with Crippen LogP contribution >= 0.6 is 11.6 Å². The van der Waals surface area contributed by atoms with Gasteiger partial charge in [-0.1, -0.05) is 11.6 Å². The Morgan fingerprint density at radius 1 is 1.22 bits per heavy atom. The molecule has 0 saturated heterocycles. The summed E-state index contributed by atoms with van der Waals surface area (Å²) < 4.78 is 31.6. The first-order chi connectivity index (χ1) is 11.0. The molecule has 0 radical (unpaired) electrons. The maximum atomic E-state index is 13.4. The Balaban J connectivity index is 1.75. The third-order valence-electron chi connectivity index (χ3n) is 2.97. The van der Waals surface area contributed by atoms with Crippen molar-refractivity contribution in [3.63, 3.8) is 0 Å². The zero-order valence-corrected chi connectivity index (χ0v) is 13.1. The van der Waals surface area contributed by atoms with E-state index in [1.54, 1.807) is 18.2 Å². The van der Waals surface area contributed by atoms with Gasteiger partial charge in [-0.05, 0) is 42.8 Å². The van der Waals surface area contributed by atoms with Crippen LogP contribution in [0.3, 0.4) is 0 Å². The number of anilines is 1. The molecule has 4 nitrogen and oxygen atoms in total. The Morgan fingerprint density at radius 3 is 2.70 bits per heavy atom. The third-order valence-corrected chi connectivity index (χ3v) is 3.39. The minimum absolute atomic E-state index is 0.0989. The van der Waals surface area contributed by atoms with Crippen LogP contribution in [-0.4, -0.2) is 19.2 Å². The molecule has 0 heterocycles. The molecule has 2 aromatic carbocycles. The molecule has 0 aliphatic rings. The van der Waals surface area contributed by atoms with Crippen LogP contribution in [0.5, 0.6) is 5.75 Å². The predicted molar refractivity (Wildman–Crippen MR) is 85.1 cm³/mol. The zero-order valence-electron chi connectivity index (χ0n) is 12.3. The Hall–Kier alpha value is -2.34. The molecule has 0 atom stereocenters. The highest BCUT2D eigenvalue weighted by molar-refractivity contribution is 6.31. The van der Waals surface area contributed by atoms with Crippen molar-refractivity contribution in [2.45, 2.75) is 6.92 Å². The van der Waals surface area contributed by atoms with Crippen LogP contribution in [0.1, 0.15) is 5.56 Å². The SMILES string of the molecule is Cc1cc(OCCNC(=O)Nc2ccc(F)cc2F)ccc1Cl. The van der Waals surface area contributed by atoms with Gasteiger partial charge in [-0.15, -0.1) is 0 Å². The molecule has 0 aliphatic heterocycles. The van der Waals surface area contributed by atoms with E-state index in [4.69, 9.17) is 16.3 Å². The number of carbonyl (C=O) groups is 1. The Bertz CT molecular complexity index is 710. The molecule has 0 saturated carbocycles. The summed E-state index contributed by atoms with van der Waals surface area (Å²) in [6.45, 7) is 2.31. The number of aryl methyl sites for hydroxylation is 1. The number of rotatable bonds is 5. The zero-order chi connectivity index (χ0) is 16.8. The van der Waals surface area contributed by atoms with E-state index in [1.807, 2.05) is 6.92 Å². The van der Waals surface area contributed by atoms with Crippen molar-refractivity contribution in [2.24, 2.45) is 0 Å². The van der Waals surface area contributed by atoms with Crippen molar-refractivity contribution in [2.75, 3.05) is 18.5 Å². The summed E-state index contributed by atoms with van der Waals surface area (Å²) in [6, 6.07) is 7.54. The van der Waals surface area contributed by atoms with E-state index >= 15 is 0 Å². The highest BCUT2D eigenvalue weighted by atomic mass is 35.5. The fourth-order valence-corrected chi connectivity index (χ4v) is 1.92. The smallest absolute Gasteiger partial charge is 0.319 e.